The number of nitrogens with one attached hydrogen (secondary N) is 3. The molecule has 0 aliphatic rings. The van der Waals surface area contributed by atoms with E-state index in [0.717, 1.165) is 11.3 Å². The van der Waals surface area contributed by atoms with E-state index in [1.807, 2.05) is 0 Å². The van der Waals surface area contributed by atoms with Crippen LogP contribution in [0.4, 0.5) is 4.79 Å². The molecule has 0 spiro atoms. The highest BCUT2D eigenvalue weighted by Gasteiger charge is 2.18. The summed E-state index contributed by atoms with van der Waals surface area (Å²) in [5.41, 5.74) is 0.536. The lowest BCUT2D eigenvalue weighted by Gasteiger charge is -2.13. The summed E-state index contributed by atoms with van der Waals surface area (Å²) < 4.78 is 0. The number of aromatic amines is 1. The number of H-pyrrole nitrogens is 1. The van der Waals surface area contributed by atoms with Crippen LogP contribution in [0, 0.1) is 0 Å². The van der Waals surface area contributed by atoms with Gasteiger partial charge in [-0.25, -0.2) is 9.59 Å². The quantitative estimate of drug-likeness (QED) is 0.457. The third kappa shape index (κ3) is 4.55. The van der Waals surface area contributed by atoms with Crippen LogP contribution in [-0.4, -0.2) is 39.8 Å². The molecular weight excluding hydrogens is 262 g/mol. The Kier molecular flexibility index (Phi) is 5.33. The van der Waals surface area contributed by atoms with E-state index in [1.165, 1.54) is 0 Å². The second-order valence-electron chi connectivity index (χ2n) is 3.40. The first-order valence-electron chi connectivity index (χ1n) is 5.07. The van der Waals surface area contributed by atoms with Crippen molar-refractivity contribution in [2.75, 3.05) is 6.61 Å². The van der Waals surface area contributed by atoms with Gasteiger partial charge in [0, 0.05) is 24.1 Å². The predicted molar refractivity (Wildman–Crippen MR) is 63.4 cm³/mol. The van der Waals surface area contributed by atoms with Gasteiger partial charge in [-0.2, -0.15) is 0 Å². The van der Waals surface area contributed by atoms with Gasteiger partial charge in [-0.1, -0.05) is 11.3 Å². The standard InChI is InChI=1S/C9H13N3O5S/c13-2-1-6(7(14)15)12-8(16)10-3-5-4-18-9(17)11-5/h4,6,13H,1-3H2,(H,11,17)(H,14,15)(H2,10,12,16). The number of carboxylic acids is 1. The van der Waals surface area contributed by atoms with E-state index >= 15 is 0 Å². The van der Waals surface area contributed by atoms with E-state index in [9.17, 15) is 14.4 Å². The van der Waals surface area contributed by atoms with Gasteiger partial charge in [0.05, 0.1) is 6.54 Å². The fourth-order valence-corrected chi connectivity index (χ4v) is 1.75. The van der Waals surface area contributed by atoms with Crippen molar-refractivity contribution in [3.05, 3.63) is 20.7 Å². The Hall–Kier alpha value is -1.87. The largest absolute Gasteiger partial charge is 0.480 e. The maximum absolute atomic E-state index is 11.4. The number of amides is 2. The number of hydrogen-bond acceptors (Lipinski definition) is 5. The van der Waals surface area contributed by atoms with Crippen LogP contribution in [0.25, 0.3) is 0 Å². The molecule has 0 fully saturated rings. The Morgan fingerprint density at radius 3 is 2.72 bits per heavy atom. The topological polar surface area (TPSA) is 132 Å². The van der Waals surface area contributed by atoms with E-state index < -0.39 is 18.0 Å². The number of carboxylic acid groups (broad SMARTS) is 1. The van der Waals surface area contributed by atoms with Crippen molar-refractivity contribution in [2.45, 2.75) is 19.0 Å². The number of aromatic nitrogens is 1. The number of hydrogen-bond donors (Lipinski definition) is 5. The molecule has 1 atom stereocenters. The number of thiazole rings is 1. The van der Waals surface area contributed by atoms with E-state index in [4.69, 9.17) is 10.2 Å². The van der Waals surface area contributed by atoms with Crippen LogP contribution in [0.2, 0.25) is 0 Å². The molecule has 0 aromatic carbocycles. The summed E-state index contributed by atoms with van der Waals surface area (Å²) >= 11 is 0.973. The molecule has 9 heteroatoms. The summed E-state index contributed by atoms with van der Waals surface area (Å²) in [6.45, 7) is -0.245. The van der Waals surface area contributed by atoms with E-state index in [2.05, 4.69) is 15.6 Å². The maximum Gasteiger partial charge on any atom is 0.326 e. The molecule has 0 saturated carbocycles. The van der Waals surface area contributed by atoms with Gasteiger partial charge in [0.15, 0.2) is 0 Å². The van der Waals surface area contributed by atoms with Gasteiger partial charge >= 0.3 is 16.9 Å². The number of aliphatic carboxylic acids is 1. The molecule has 100 valence electrons. The van der Waals surface area contributed by atoms with Crippen LogP contribution in [-0.2, 0) is 11.3 Å². The lowest BCUT2D eigenvalue weighted by molar-refractivity contribution is -0.139. The summed E-state index contributed by atoms with van der Waals surface area (Å²) in [5.74, 6) is -1.22. The number of urea groups is 1. The second kappa shape index (κ2) is 6.77. The van der Waals surface area contributed by atoms with Crippen LogP contribution in [0.3, 0.4) is 0 Å². The van der Waals surface area contributed by atoms with Gasteiger partial charge in [0.25, 0.3) is 0 Å². The third-order valence-corrected chi connectivity index (χ3v) is 2.75. The molecule has 1 rings (SSSR count). The van der Waals surface area contributed by atoms with Crippen molar-refractivity contribution >= 4 is 23.3 Å². The van der Waals surface area contributed by atoms with E-state index in [0.29, 0.717) is 5.69 Å². The Morgan fingerprint density at radius 2 is 2.22 bits per heavy atom. The van der Waals surface area contributed by atoms with Gasteiger partial charge < -0.3 is 25.8 Å². The highest BCUT2D eigenvalue weighted by molar-refractivity contribution is 7.07. The SMILES string of the molecule is O=C(NCc1csc(=O)[nH]1)NC(CCO)C(=O)O. The number of aliphatic hydroxyl groups is 1. The van der Waals surface area contributed by atoms with Crippen molar-refractivity contribution < 1.29 is 19.8 Å². The molecule has 2 amide bonds. The van der Waals surface area contributed by atoms with Gasteiger partial charge in [0.2, 0.25) is 0 Å². The summed E-state index contributed by atoms with van der Waals surface area (Å²) in [6, 6.07) is -1.82. The van der Waals surface area contributed by atoms with Gasteiger partial charge in [-0.05, 0) is 0 Å². The first-order valence-corrected chi connectivity index (χ1v) is 5.95. The Balaban J connectivity index is 2.40. The normalized spacial score (nSPS) is 11.8. The molecule has 18 heavy (non-hydrogen) atoms. The third-order valence-electron chi connectivity index (χ3n) is 2.03. The Labute approximate surface area is 106 Å². The fraction of sp³-hybridized carbons (Fsp3) is 0.444. The van der Waals surface area contributed by atoms with Crippen LogP contribution < -0.4 is 15.5 Å². The van der Waals surface area contributed by atoms with Crippen molar-refractivity contribution in [3.8, 4) is 0 Å². The molecule has 0 radical (unpaired) electrons. The van der Waals surface area contributed by atoms with Crippen molar-refractivity contribution in [1.29, 1.82) is 0 Å². The number of carbonyl (C=O) groups is 2. The average molecular weight is 275 g/mol. The van der Waals surface area contributed by atoms with Gasteiger partial charge in [-0.3, -0.25) is 4.79 Å². The van der Waals surface area contributed by atoms with Gasteiger partial charge in [-0.15, -0.1) is 0 Å². The molecule has 0 saturated heterocycles. The highest BCUT2D eigenvalue weighted by Crippen LogP contribution is 1.95. The second-order valence-corrected chi connectivity index (χ2v) is 4.25. The molecule has 0 aliphatic heterocycles. The molecule has 5 N–H and O–H groups in total. The van der Waals surface area contributed by atoms with Crippen molar-refractivity contribution in [2.24, 2.45) is 0 Å². The fourth-order valence-electron chi connectivity index (χ4n) is 1.17. The minimum absolute atomic E-state index is 0.0714. The molecule has 0 aliphatic carbocycles. The predicted octanol–water partition coefficient (Wildman–Crippen LogP) is -0.929. The van der Waals surface area contributed by atoms with Crippen molar-refractivity contribution in [3.63, 3.8) is 0 Å². The Morgan fingerprint density at radius 1 is 1.50 bits per heavy atom. The smallest absolute Gasteiger partial charge is 0.326 e. The lowest BCUT2D eigenvalue weighted by atomic mass is 10.2. The lowest BCUT2D eigenvalue weighted by Crippen LogP contribution is -2.46. The van der Waals surface area contributed by atoms with E-state index in [-0.39, 0.29) is 24.4 Å². The van der Waals surface area contributed by atoms with Crippen LogP contribution in [0.1, 0.15) is 12.1 Å². The highest BCUT2D eigenvalue weighted by atomic mass is 32.1. The first kappa shape index (κ1) is 14.2. The average Bonchev–Trinajstić information content (AvgIpc) is 2.72. The van der Waals surface area contributed by atoms with E-state index in [1.54, 1.807) is 5.38 Å². The number of carbonyl (C=O) groups excluding carboxylic acids is 1. The molecule has 8 nitrogen and oxygen atoms in total. The molecule has 1 aromatic rings. The Bertz CT molecular complexity index is 469. The molecule has 1 unspecified atom stereocenters. The summed E-state index contributed by atoms with van der Waals surface area (Å²) in [7, 11) is 0. The minimum atomic E-state index is -1.22. The summed E-state index contributed by atoms with van der Waals surface area (Å²) in [4.78, 5) is 35.1. The van der Waals surface area contributed by atoms with Crippen LogP contribution in [0.5, 0.6) is 0 Å². The van der Waals surface area contributed by atoms with Crippen molar-refractivity contribution in [1.82, 2.24) is 15.6 Å². The zero-order valence-electron chi connectivity index (χ0n) is 9.30. The summed E-state index contributed by atoms with van der Waals surface area (Å²) in [6.07, 6.45) is -0.0714. The number of rotatable bonds is 6. The maximum atomic E-state index is 11.4. The van der Waals surface area contributed by atoms with Crippen LogP contribution in [0.15, 0.2) is 10.2 Å². The molecule has 1 aromatic heterocycles. The molecule has 0 bridgehead atoms. The minimum Gasteiger partial charge on any atom is -0.480 e. The van der Waals surface area contributed by atoms with Crippen LogP contribution >= 0.6 is 11.3 Å². The first-order chi connectivity index (χ1) is 8.52. The zero-order chi connectivity index (χ0) is 13.5. The molecular formula is C9H13N3O5S. The zero-order valence-corrected chi connectivity index (χ0v) is 10.1. The van der Waals surface area contributed by atoms with Gasteiger partial charge in [0.1, 0.15) is 6.04 Å². The number of aliphatic hydroxyl groups excluding tert-OH is 1. The molecule has 1 heterocycles. The summed E-state index contributed by atoms with van der Waals surface area (Å²) in [5, 5.41) is 23.5. The monoisotopic (exact) mass is 275 g/mol.